The van der Waals surface area contributed by atoms with Gasteiger partial charge in [0.1, 0.15) is 5.82 Å². The second-order valence-corrected chi connectivity index (χ2v) is 5.54. The van der Waals surface area contributed by atoms with Gasteiger partial charge in [0.2, 0.25) is 0 Å². The van der Waals surface area contributed by atoms with Crippen LogP contribution >= 0.6 is 11.6 Å². The molecule has 0 N–H and O–H groups in total. The fraction of sp³-hybridized carbons (Fsp3) is 0.250. The van der Waals surface area contributed by atoms with Crippen LogP contribution in [0.15, 0.2) is 41.5 Å². The summed E-state index contributed by atoms with van der Waals surface area (Å²) in [6.07, 6.45) is 3.86. The van der Waals surface area contributed by atoms with Crippen molar-refractivity contribution in [3.8, 4) is 11.4 Å². The Balaban J connectivity index is 2.36. The van der Waals surface area contributed by atoms with Crippen molar-refractivity contribution in [3.05, 3.63) is 52.0 Å². The van der Waals surface area contributed by atoms with E-state index in [0.29, 0.717) is 22.0 Å². The van der Waals surface area contributed by atoms with Crippen LogP contribution in [0.2, 0.25) is 5.02 Å². The molecule has 1 unspecified atom stereocenters. The van der Waals surface area contributed by atoms with E-state index in [1.807, 2.05) is 26.0 Å². The van der Waals surface area contributed by atoms with Crippen molar-refractivity contribution in [1.82, 2.24) is 19.5 Å². The SMILES string of the molecule is CCC(C)n1c(-c2ccc(Cl)cc2)nc2nccnc2c1=O. The standard InChI is InChI=1S/C16H15ClN4O/c1-3-10(2)21-15(11-4-6-12(17)7-5-11)20-14-13(16(21)22)18-8-9-19-14/h4-10H,3H2,1-2H3. The second-order valence-electron chi connectivity index (χ2n) is 5.10. The number of fused-ring (bicyclic) bond motifs is 1. The minimum atomic E-state index is -0.169. The highest BCUT2D eigenvalue weighted by atomic mass is 35.5. The summed E-state index contributed by atoms with van der Waals surface area (Å²) in [4.78, 5) is 25.6. The van der Waals surface area contributed by atoms with Crippen molar-refractivity contribution < 1.29 is 0 Å². The zero-order chi connectivity index (χ0) is 15.7. The largest absolute Gasteiger partial charge is 0.288 e. The van der Waals surface area contributed by atoms with Gasteiger partial charge < -0.3 is 0 Å². The van der Waals surface area contributed by atoms with Crippen LogP contribution in [0.4, 0.5) is 0 Å². The average Bonchev–Trinajstić information content (AvgIpc) is 2.55. The molecule has 0 fully saturated rings. The van der Waals surface area contributed by atoms with Gasteiger partial charge in [-0.25, -0.2) is 15.0 Å². The van der Waals surface area contributed by atoms with Crippen LogP contribution in [0, 0.1) is 0 Å². The highest BCUT2D eigenvalue weighted by Gasteiger charge is 2.17. The molecule has 0 saturated carbocycles. The Labute approximate surface area is 132 Å². The molecule has 0 amide bonds. The smallest absolute Gasteiger partial charge is 0.282 e. The van der Waals surface area contributed by atoms with Crippen LogP contribution in [0.5, 0.6) is 0 Å². The third kappa shape index (κ3) is 2.48. The maximum absolute atomic E-state index is 12.8. The Morgan fingerprint density at radius 3 is 2.55 bits per heavy atom. The normalized spacial score (nSPS) is 12.5. The summed E-state index contributed by atoms with van der Waals surface area (Å²) in [5, 5.41) is 0.641. The Hall–Kier alpha value is -2.27. The molecular weight excluding hydrogens is 300 g/mol. The van der Waals surface area contributed by atoms with Crippen LogP contribution in [-0.2, 0) is 0 Å². The summed E-state index contributed by atoms with van der Waals surface area (Å²) in [6, 6.07) is 7.28. The number of aromatic nitrogens is 4. The molecule has 2 heterocycles. The summed E-state index contributed by atoms with van der Waals surface area (Å²) < 4.78 is 1.68. The van der Waals surface area contributed by atoms with E-state index in [9.17, 15) is 4.79 Å². The summed E-state index contributed by atoms with van der Waals surface area (Å²) in [7, 11) is 0. The van der Waals surface area contributed by atoms with Gasteiger partial charge in [-0.1, -0.05) is 18.5 Å². The molecule has 22 heavy (non-hydrogen) atoms. The zero-order valence-corrected chi connectivity index (χ0v) is 13.1. The van der Waals surface area contributed by atoms with Gasteiger partial charge in [0.25, 0.3) is 5.56 Å². The van der Waals surface area contributed by atoms with Gasteiger partial charge in [0.05, 0.1) is 0 Å². The van der Waals surface area contributed by atoms with Crippen molar-refractivity contribution in [2.75, 3.05) is 0 Å². The van der Waals surface area contributed by atoms with Crippen molar-refractivity contribution in [2.45, 2.75) is 26.3 Å². The number of nitrogens with zero attached hydrogens (tertiary/aromatic N) is 4. The van der Waals surface area contributed by atoms with Gasteiger partial charge in [-0.05, 0) is 37.6 Å². The van der Waals surface area contributed by atoms with Crippen molar-refractivity contribution in [1.29, 1.82) is 0 Å². The second kappa shape index (κ2) is 5.85. The molecule has 0 bridgehead atoms. The van der Waals surface area contributed by atoms with Crippen LogP contribution in [0.1, 0.15) is 26.3 Å². The molecule has 2 aromatic heterocycles. The molecule has 3 aromatic rings. The quantitative estimate of drug-likeness (QED) is 0.742. The lowest BCUT2D eigenvalue weighted by Crippen LogP contribution is -2.27. The van der Waals surface area contributed by atoms with E-state index in [2.05, 4.69) is 15.0 Å². The minimum Gasteiger partial charge on any atom is -0.288 e. The first kappa shape index (κ1) is 14.7. The van der Waals surface area contributed by atoms with Gasteiger partial charge in [-0.3, -0.25) is 9.36 Å². The average molecular weight is 315 g/mol. The molecule has 112 valence electrons. The first-order chi connectivity index (χ1) is 10.6. The van der Waals surface area contributed by atoms with Crippen molar-refractivity contribution in [2.24, 2.45) is 0 Å². The first-order valence-electron chi connectivity index (χ1n) is 7.11. The number of benzene rings is 1. The Morgan fingerprint density at radius 2 is 1.86 bits per heavy atom. The molecule has 3 rings (SSSR count). The lowest BCUT2D eigenvalue weighted by atomic mass is 10.1. The van der Waals surface area contributed by atoms with E-state index < -0.39 is 0 Å². The summed E-state index contributed by atoms with van der Waals surface area (Å²) >= 11 is 5.94. The van der Waals surface area contributed by atoms with Gasteiger partial charge >= 0.3 is 0 Å². The zero-order valence-electron chi connectivity index (χ0n) is 12.3. The maximum atomic E-state index is 12.8. The maximum Gasteiger partial charge on any atom is 0.282 e. The molecule has 0 radical (unpaired) electrons. The van der Waals surface area contributed by atoms with E-state index in [-0.39, 0.29) is 11.6 Å². The molecule has 1 atom stereocenters. The summed E-state index contributed by atoms with van der Waals surface area (Å²) in [5.41, 5.74) is 1.31. The molecule has 5 nitrogen and oxygen atoms in total. The summed E-state index contributed by atoms with van der Waals surface area (Å²) in [5.74, 6) is 0.587. The van der Waals surface area contributed by atoms with E-state index in [1.165, 1.54) is 12.4 Å². The van der Waals surface area contributed by atoms with Gasteiger partial charge in [0.15, 0.2) is 11.2 Å². The van der Waals surface area contributed by atoms with E-state index in [1.54, 1.807) is 16.7 Å². The van der Waals surface area contributed by atoms with E-state index in [0.717, 1.165) is 12.0 Å². The molecule has 1 aromatic carbocycles. The fourth-order valence-electron chi connectivity index (χ4n) is 2.32. The molecule has 6 heteroatoms. The van der Waals surface area contributed by atoms with Crippen LogP contribution in [-0.4, -0.2) is 19.5 Å². The molecule has 0 aliphatic heterocycles. The topological polar surface area (TPSA) is 60.7 Å². The highest BCUT2D eigenvalue weighted by Crippen LogP contribution is 2.23. The van der Waals surface area contributed by atoms with Gasteiger partial charge in [-0.15, -0.1) is 0 Å². The number of hydrogen-bond donors (Lipinski definition) is 0. The van der Waals surface area contributed by atoms with Crippen molar-refractivity contribution in [3.63, 3.8) is 0 Å². The van der Waals surface area contributed by atoms with Crippen LogP contribution in [0.3, 0.4) is 0 Å². The predicted octanol–water partition coefficient (Wildman–Crippen LogP) is 3.48. The lowest BCUT2D eigenvalue weighted by Gasteiger charge is -2.18. The van der Waals surface area contributed by atoms with Crippen LogP contribution < -0.4 is 5.56 Å². The van der Waals surface area contributed by atoms with E-state index >= 15 is 0 Å². The van der Waals surface area contributed by atoms with Crippen molar-refractivity contribution >= 4 is 22.8 Å². The van der Waals surface area contributed by atoms with E-state index in [4.69, 9.17) is 11.6 Å². The fourth-order valence-corrected chi connectivity index (χ4v) is 2.45. The van der Waals surface area contributed by atoms with Gasteiger partial charge in [0, 0.05) is 29.0 Å². The summed E-state index contributed by atoms with van der Waals surface area (Å²) in [6.45, 7) is 4.02. The van der Waals surface area contributed by atoms with Gasteiger partial charge in [-0.2, -0.15) is 0 Å². The first-order valence-corrected chi connectivity index (χ1v) is 7.48. The molecule has 0 aliphatic rings. The highest BCUT2D eigenvalue weighted by molar-refractivity contribution is 6.30. The minimum absolute atomic E-state index is 0.0112. The third-order valence-electron chi connectivity index (χ3n) is 3.67. The molecule has 0 saturated heterocycles. The Bertz CT molecular complexity index is 873. The third-order valence-corrected chi connectivity index (χ3v) is 3.93. The Kier molecular flexibility index (Phi) is 3.90. The monoisotopic (exact) mass is 314 g/mol. The molecular formula is C16H15ClN4O. The Morgan fingerprint density at radius 1 is 1.18 bits per heavy atom. The predicted molar refractivity (Wildman–Crippen MR) is 87.0 cm³/mol. The number of rotatable bonds is 3. The molecule has 0 spiro atoms. The van der Waals surface area contributed by atoms with Crippen LogP contribution in [0.25, 0.3) is 22.6 Å². The molecule has 0 aliphatic carbocycles. The number of hydrogen-bond acceptors (Lipinski definition) is 4. The lowest BCUT2D eigenvalue weighted by molar-refractivity contribution is 0.516. The number of halogens is 1.